The Morgan fingerprint density at radius 2 is 2.00 bits per heavy atom. The molecule has 0 spiro atoms. The molecule has 1 amide bonds. The minimum absolute atomic E-state index is 0.180. The number of hydrogen-bond donors (Lipinski definition) is 1. The number of anilines is 1. The zero-order valence-electron chi connectivity index (χ0n) is 17.3. The molecule has 4 rings (SSSR count). The third kappa shape index (κ3) is 4.77. The van der Waals surface area contributed by atoms with Crippen molar-refractivity contribution < 1.29 is 36.8 Å². The summed E-state index contributed by atoms with van der Waals surface area (Å²) in [5.41, 5.74) is 1.37. The Hall–Kier alpha value is -4.55. The maximum atomic E-state index is 12.8. The Morgan fingerprint density at radius 3 is 2.74 bits per heavy atom. The average molecular weight is 473 g/mol. The first-order valence-corrected chi connectivity index (χ1v) is 9.51. The molecule has 0 aliphatic carbocycles. The van der Waals surface area contributed by atoms with E-state index in [0.29, 0.717) is 10.9 Å². The van der Waals surface area contributed by atoms with Crippen LogP contribution in [0.15, 0.2) is 53.4 Å². The lowest BCUT2D eigenvalue weighted by atomic mass is 10.1. The number of carbonyl (C=O) groups is 2. The van der Waals surface area contributed by atoms with E-state index in [9.17, 15) is 22.8 Å². The largest absolute Gasteiger partial charge is 0.471 e. The summed E-state index contributed by atoms with van der Waals surface area (Å²) in [5, 5.41) is 6.35. The summed E-state index contributed by atoms with van der Waals surface area (Å²) in [7, 11) is 1.23. The van der Waals surface area contributed by atoms with Crippen LogP contribution in [0.2, 0.25) is 0 Å². The molecule has 1 aromatic carbocycles. The van der Waals surface area contributed by atoms with Crippen molar-refractivity contribution in [2.75, 3.05) is 12.4 Å². The number of aromatic nitrogens is 4. The predicted molar refractivity (Wildman–Crippen MR) is 109 cm³/mol. The lowest BCUT2D eigenvalue weighted by molar-refractivity contribution is -0.159. The Kier molecular flexibility index (Phi) is 6.08. The number of alkyl halides is 3. The predicted octanol–water partition coefficient (Wildman–Crippen LogP) is 4.23. The van der Waals surface area contributed by atoms with E-state index in [1.54, 1.807) is 12.1 Å². The van der Waals surface area contributed by atoms with Crippen LogP contribution in [-0.4, -0.2) is 39.3 Å². The topological polar surface area (TPSA) is 129 Å². The number of methoxy groups -OCH3 is 1. The van der Waals surface area contributed by atoms with Crippen molar-refractivity contribution in [1.29, 1.82) is 0 Å². The number of nitrogens with one attached hydrogen (secondary N) is 1. The quantitative estimate of drug-likeness (QED) is 0.423. The summed E-state index contributed by atoms with van der Waals surface area (Å²) in [6, 6.07) is 7.52. The molecule has 3 heterocycles. The van der Waals surface area contributed by atoms with Crippen LogP contribution >= 0.6 is 0 Å². The molecule has 4 aromatic rings. The molecule has 0 radical (unpaired) electrons. The van der Waals surface area contributed by atoms with Gasteiger partial charge >= 0.3 is 24.1 Å². The summed E-state index contributed by atoms with van der Waals surface area (Å²) in [4.78, 5) is 35.4. The summed E-state index contributed by atoms with van der Waals surface area (Å²) in [6.07, 6.45) is -1.43. The highest BCUT2D eigenvalue weighted by Crippen LogP contribution is 2.33. The van der Waals surface area contributed by atoms with Gasteiger partial charge in [-0.25, -0.2) is 9.59 Å². The molecule has 10 nitrogen and oxygen atoms in total. The van der Waals surface area contributed by atoms with Crippen LogP contribution in [0, 0.1) is 0 Å². The monoisotopic (exact) mass is 473 g/mol. The van der Waals surface area contributed by atoms with Crippen molar-refractivity contribution in [2.45, 2.75) is 12.8 Å². The number of nitrogens with zero attached hydrogens (tertiary/aromatic N) is 4. The number of hydrogen-bond acceptors (Lipinski definition) is 9. The summed E-state index contributed by atoms with van der Waals surface area (Å²) < 4.78 is 52.5. The molecule has 0 fully saturated rings. The minimum atomic E-state index is -4.79. The fourth-order valence-electron chi connectivity index (χ4n) is 3.00. The van der Waals surface area contributed by atoms with Gasteiger partial charge in [-0.1, -0.05) is 5.16 Å². The van der Waals surface area contributed by atoms with Gasteiger partial charge in [0.1, 0.15) is 6.61 Å². The van der Waals surface area contributed by atoms with Gasteiger partial charge in [0.15, 0.2) is 0 Å². The molecule has 1 N–H and O–H groups in total. The first-order valence-electron chi connectivity index (χ1n) is 9.51. The summed E-state index contributed by atoms with van der Waals surface area (Å²) in [6.45, 7) is -0.180. The van der Waals surface area contributed by atoms with E-state index >= 15 is 0 Å². The van der Waals surface area contributed by atoms with Crippen LogP contribution in [-0.2, 0) is 22.3 Å². The number of rotatable bonds is 5. The smallest absolute Gasteiger partial charge is 0.465 e. The second kappa shape index (κ2) is 9.13. The van der Waals surface area contributed by atoms with Crippen molar-refractivity contribution in [2.24, 2.45) is 0 Å². The lowest BCUT2D eigenvalue weighted by Crippen LogP contribution is -2.14. The first kappa shape index (κ1) is 22.6. The van der Waals surface area contributed by atoms with Gasteiger partial charge in [-0.2, -0.15) is 18.2 Å². The second-order valence-electron chi connectivity index (χ2n) is 6.76. The molecule has 0 atom stereocenters. The van der Waals surface area contributed by atoms with E-state index in [1.807, 2.05) is 0 Å². The number of amides is 1. The normalized spacial score (nSPS) is 11.3. The van der Waals surface area contributed by atoms with Crippen LogP contribution < -0.4 is 5.32 Å². The third-order valence-electron chi connectivity index (χ3n) is 4.50. The zero-order chi connectivity index (χ0) is 24.3. The summed E-state index contributed by atoms with van der Waals surface area (Å²) in [5.74, 6) is -2.37. The van der Waals surface area contributed by atoms with Crippen LogP contribution in [0.4, 0.5) is 23.7 Å². The highest BCUT2D eigenvalue weighted by atomic mass is 19.4. The van der Waals surface area contributed by atoms with Gasteiger partial charge < -0.3 is 14.0 Å². The molecule has 0 bridgehead atoms. The molecule has 0 saturated heterocycles. The molecular formula is C21H14F3N5O5. The zero-order valence-corrected chi connectivity index (χ0v) is 17.3. The number of ether oxygens (including phenoxy) is 2. The van der Waals surface area contributed by atoms with Gasteiger partial charge in [0.2, 0.25) is 5.82 Å². The Labute approximate surface area is 188 Å². The molecule has 0 saturated carbocycles. The second-order valence-corrected chi connectivity index (χ2v) is 6.76. The van der Waals surface area contributed by atoms with Gasteiger partial charge in [0.25, 0.3) is 0 Å². The third-order valence-corrected chi connectivity index (χ3v) is 4.50. The molecule has 3 aromatic heterocycles. The van der Waals surface area contributed by atoms with Crippen molar-refractivity contribution in [1.82, 2.24) is 20.1 Å². The molecule has 34 heavy (non-hydrogen) atoms. The molecule has 0 unspecified atom stereocenters. The van der Waals surface area contributed by atoms with E-state index in [0.717, 1.165) is 0 Å². The van der Waals surface area contributed by atoms with Crippen LogP contribution in [0.3, 0.4) is 0 Å². The maximum absolute atomic E-state index is 12.8. The van der Waals surface area contributed by atoms with E-state index in [4.69, 9.17) is 4.74 Å². The van der Waals surface area contributed by atoms with E-state index in [2.05, 4.69) is 34.7 Å². The number of fused-ring (bicyclic) bond motifs is 1. The van der Waals surface area contributed by atoms with Crippen molar-refractivity contribution in [3.8, 4) is 11.4 Å². The number of halogens is 3. The maximum Gasteiger partial charge on any atom is 0.471 e. The molecular weight excluding hydrogens is 459 g/mol. The summed E-state index contributed by atoms with van der Waals surface area (Å²) >= 11 is 0. The number of benzene rings is 1. The van der Waals surface area contributed by atoms with Gasteiger partial charge in [-0.3, -0.25) is 15.3 Å². The molecule has 13 heteroatoms. The number of esters is 1. The molecule has 174 valence electrons. The van der Waals surface area contributed by atoms with Crippen LogP contribution in [0.1, 0.15) is 21.8 Å². The van der Waals surface area contributed by atoms with E-state index < -0.39 is 24.1 Å². The Morgan fingerprint density at radius 1 is 1.18 bits per heavy atom. The Balaban J connectivity index is 1.53. The average Bonchev–Trinajstić information content (AvgIpc) is 3.33. The van der Waals surface area contributed by atoms with Crippen molar-refractivity contribution in [3.05, 3.63) is 65.9 Å². The SMILES string of the molecule is COC(=O)c1cncc(COC(=O)Nc2ccc(-c3noc(C(F)(F)F)n3)c3ncccc23)c1. The lowest BCUT2D eigenvalue weighted by Gasteiger charge is -2.11. The van der Waals surface area contributed by atoms with Crippen LogP contribution in [0.5, 0.6) is 0 Å². The van der Waals surface area contributed by atoms with Gasteiger partial charge in [0.05, 0.1) is 23.9 Å². The van der Waals surface area contributed by atoms with Crippen LogP contribution in [0.25, 0.3) is 22.3 Å². The number of carbonyl (C=O) groups excluding carboxylic acids is 2. The number of pyridine rings is 2. The van der Waals surface area contributed by atoms with Crippen molar-refractivity contribution in [3.63, 3.8) is 0 Å². The Bertz CT molecular complexity index is 1370. The van der Waals surface area contributed by atoms with Gasteiger partial charge in [-0.15, -0.1) is 0 Å². The van der Waals surface area contributed by atoms with E-state index in [-0.39, 0.29) is 34.8 Å². The van der Waals surface area contributed by atoms with Gasteiger partial charge in [0, 0.05) is 35.1 Å². The van der Waals surface area contributed by atoms with E-state index in [1.165, 1.54) is 43.9 Å². The van der Waals surface area contributed by atoms with Crippen molar-refractivity contribution >= 4 is 28.7 Å². The standard InChI is InChI=1S/C21H14F3N5O5/c1-32-18(30)12-7-11(8-25-9-12)10-33-20(31)27-15-5-4-14(16-13(15)3-2-6-26-16)17-28-19(34-29-17)21(22,23)24/h2-9H,10H2,1H3,(H,27,31). The highest BCUT2D eigenvalue weighted by Gasteiger charge is 2.38. The minimum Gasteiger partial charge on any atom is -0.465 e. The molecule has 0 aliphatic rings. The van der Waals surface area contributed by atoms with Gasteiger partial charge in [-0.05, 0) is 30.3 Å². The highest BCUT2D eigenvalue weighted by molar-refractivity contribution is 6.03. The fraction of sp³-hybridized carbons (Fsp3) is 0.143. The molecule has 0 aliphatic heterocycles. The fourth-order valence-corrected chi connectivity index (χ4v) is 3.00. The first-order chi connectivity index (χ1) is 16.3.